The second-order valence-corrected chi connectivity index (χ2v) is 6.61. The molecule has 0 radical (unpaired) electrons. The maximum Gasteiger partial charge on any atom is 0.163 e. The monoisotopic (exact) mass is 355 g/mol. The van der Waals surface area contributed by atoms with Crippen molar-refractivity contribution in [3.05, 3.63) is 102 Å². The number of fused-ring (bicyclic) bond motifs is 1. The third-order valence-corrected chi connectivity index (χ3v) is 5.00. The predicted octanol–water partition coefficient (Wildman–Crippen LogP) is 5.58. The molecule has 27 heavy (non-hydrogen) atoms. The summed E-state index contributed by atoms with van der Waals surface area (Å²) in [7, 11) is 1.66. The quantitative estimate of drug-likeness (QED) is 0.459. The SMILES string of the molecule is COc1ccc(C(CC(=O)c2ccccc2)c2c[nH]c3ccccc23)cc1. The van der Waals surface area contributed by atoms with Crippen molar-refractivity contribution >= 4 is 16.7 Å². The van der Waals surface area contributed by atoms with Crippen LogP contribution < -0.4 is 4.74 Å². The Bertz CT molecular complexity index is 1050. The molecule has 1 aromatic heterocycles. The van der Waals surface area contributed by atoms with Gasteiger partial charge in [-0.2, -0.15) is 0 Å². The number of aromatic amines is 1. The van der Waals surface area contributed by atoms with Gasteiger partial charge in [0.15, 0.2) is 5.78 Å². The van der Waals surface area contributed by atoms with Crippen LogP contribution in [-0.2, 0) is 0 Å². The topological polar surface area (TPSA) is 42.1 Å². The van der Waals surface area contributed by atoms with Crippen LogP contribution in [0.25, 0.3) is 10.9 Å². The molecule has 134 valence electrons. The van der Waals surface area contributed by atoms with Crippen molar-refractivity contribution < 1.29 is 9.53 Å². The molecule has 1 unspecified atom stereocenters. The molecule has 0 bridgehead atoms. The molecule has 0 saturated carbocycles. The Morgan fingerprint density at radius 2 is 1.63 bits per heavy atom. The molecule has 0 aliphatic heterocycles. The van der Waals surface area contributed by atoms with Gasteiger partial charge in [0.2, 0.25) is 0 Å². The average molecular weight is 355 g/mol. The number of ketones is 1. The molecule has 1 N–H and O–H groups in total. The number of carbonyl (C=O) groups excluding carboxylic acids is 1. The summed E-state index contributed by atoms with van der Waals surface area (Å²) in [4.78, 5) is 16.3. The minimum Gasteiger partial charge on any atom is -0.497 e. The molecule has 0 spiro atoms. The fourth-order valence-electron chi connectivity index (χ4n) is 3.55. The standard InChI is InChI=1S/C24H21NO2/c1-27-19-13-11-17(12-14-19)21(15-24(26)18-7-3-2-4-8-18)22-16-25-23-10-6-5-9-20(22)23/h2-14,16,21,25H,15H2,1H3. The summed E-state index contributed by atoms with van der Waals surface area (Å²) in [6, 6.07) is 25.7. The van der Waals surface area contributed by atoms with Crippen LogP contribution in [0.15, 0.2) is 85.1 Å². The van der Waals surface area contributed by atoms with Crippen molar-refractivity contribution in [2.45, 2.75) is 12.3 Å². The van der Waals surface area contributed by atoms with Gasteiger partial charge >= 0.3 is 0 Å². The fourth-order valence-corrected chi connectivity index (χ4v) is 3.55. The van der Waals surface area contributed by atoms with Crippen molar-refractivity contribution in [1.29, 1.82) is 0 Å². The average Bonchev–Trinajstić information content (AvgIpc) is 3.16. The number of hydrogen-bond donors (Lipinski definition) is 1. The van der Waals surface area contributed by atoms with Crippen LogP contribution in [0, 0.1) is 0 Å². The molecule has 0 amide bonds. The van der Waals surface area contributed by atoms with E-state index in [4.69, 9.17) is 4.74 Å². The molecular formula is C24H21NO2. The van der Waals surface area contributed by atoms with Gasteiger partial charge in [0.25, 0.3) is 0 Å². The summed E-state index contributed by atoms with van der Waals surface area (Å²) in [5, 5.41) is 1.15. The summed E-state index contributed by atoms with van der Waals surface area (Å²) >= 11 is 0. The van der Waals surface area contributed by atoms with Gasteiger partial charge in [-0.15, -0.1) is 0 Å². The highest BCUT2D eigenvalue weighted by Gasteiger charge is 2.22. The molecule has 0 aliphatic rings. The molecule has 1 atom stereocenters. The number of aromatic nitrogens is 1. The van der Waals surface area contributed by atoms with E-state index in [1.165, 1.54) is 0 Å². The van der Waals surface area contributed by atoms with E-state index >= 15 is 0 Å². The first kappa shape index (κ1) is 17.1. The van der Waals surface area contributed by atoms with E-state index in [1.54, 1.807) is 7.11 Å². The lowest BCUT2D eigenvalue weighted by molar-refractivity contribution is 0.0978. The number of ether oxygens (including phenoxy) is 1. The van der Waals surface area contributed by atoms with Gasteiger partial charge in [-0.25, -0.2) is 0 Å². The van der Waals surface area contributed by atoms with Gasteiger partial charge in [0.05, 0.1) is 7.11 Å². The van der Waals surface area contributed by atoms with E-state index in [0.717, 1.165) is 33.3 Å². The molecule has 4 aromatic rings. The zero-order valence-electron chi connectivity index (χ0n) is 15.2. The minimum absolute atomic E-state index is 0.0280. The first-order valence-corrected chi connectivity index (χ1v) is 9.04. The number of Topliss-reactive ketones (excluding diaryl/α,β-unsaturated/α-hetero) is 1. The van der Waals surface area contributed by atoms with E-state index in [9.17, 15) is 4.79 Å². The third-order valence-electron chi connectivity index (χ3n) is 5.00. The Labute approximate surface area is 158 Å². The highest BCUT2D eigenvalue weighted by Crippen LogP contribution is 2.35. The highest BCUT2D eigenvalue weighted by molar-refractivity contribution is 5.97. The van der Waals surface area contributed by atoms with E-state index in [1.807, 2.05) is 72.9 Å². The number of methoxy groups -OCH3 is 1. The van der Waals surface area contributed by atoms with E-state index in [2.05, 4.69) is 17.1 Å². The van der Waals surface area contributed by atoms with Gasteiger partial charge in [-0.1, -0.05) is 60.7 Å². The lowest BCUT2D eigenvalue weighted by Gasteiger charge is -2.17. The Morgan fingerprint density at radius 1 is 0.926 bits per heavy atom. The fraction of sp³-hybridized carbons (Fsp3) is 0.125. The van der Waals surface area contributed by atoms with Crippen LogP contribution >= 0.6 is 0 Å². The third kappa shape index (κ3) is 3.49. The van der Waals surface area contributed by atoms with Crippen molar-refractivity contribution in [2.75, 3.05) is 7.11 Å². The molecule has 4 rings (SSSR count). The van der Waals surface area contributed by atoms with Crippen LogP contribution in [0.1, 0.15) is 33.8 Å². The molecule has 0 saturated heterocycles. The maximum atomic E-state index is 12.9. The predicted molar refractivity (Wildman–Crippen MR) is 109 cm³/mol. The van der Waals surface area contributed by atoms with Gasteiger partial charge in [-0.3, -0.25) is 4.79 Å². The second kappa shape index (κ2) is 7.50. The number of H-pyrrole nitrogens is 1. The van der Waals surface area contributed by atoms with Gasteiger partial charge < -0.3 is 9.72 Å². The Kier molecular flexibility index (Phi) is 4.75. The number of benzene rings is 3. The minimum atomic E-state index is -0.0280. The summed E-state index contributed by atoms with van der Waals surface area (Å²) in [5.41, 5.74) is 4.07. The van der Waals surface area contributed by atoms with Crippen LogP contribution in [0.3, 0.4) is 0 Å². The van der Waals surface area contributed by atoms with Gasteiger partial charge in [0.1, 0.15) is 5.75 Å². The van der Waals surface area contributed by atoms with Crippen LogP contribution in [0.4, 0.5) is 0 Å². The van der Waals surface area contributed by atoms with Crippen molar-refractivity contribution in [1.82, 2.24) is 4.98 Å². The summed E-state index contributed by atoms with van der Waals surface area (Å²) < 4.78 is 5.29. The van der Waals surface area contributed by atoms with Crippen molar-refractivity contribution in [3.63, 3.8) is 0 Å². The Hall–Kier alpha value is -3.33. The number of hydrogen-bond acceptors (Lipinski definition) is 2. The molecule has 3 aromatic carbocycles. The van der Waals surface area contributed by atoms with Crippen LogP contribution in [-0.4, -0.2) is 17.9 Å². The van der Waals surface area contributed by atoms with Crippen LogP contribution in [0.5, 0.6) is 5.75 Å². The lowest BCUT2D eigenvalue weighted by Crippen LogP contribution is -2.09. The van der Waals surface area contributed by atoms with Gasteiger partial charge in [0, 0.05) is 35.0 Å². The highest BCUT2D eigenvalue weighted by atomic mass is 16.5. The Balaban J connectivity index is 1.76. The second-order valence-electron chi connectivity index (χ2n) is 6.61. The molecule has 0 aliphatic carbocycles. The number of nitrogens with one attached hydrogen (secondary N) is 1. The zero-order valence-corrected chi connectivity index (χ0v) is 15.2. The van der Waals surface area contributed by atoms with Crippen molar-refractivity contribution in [2.24, 2.45) is 0 Å². The molecular weight excluding hydrogens is 334 g/mol. The van der Waals surface area contributed by atoms with Gasteiger partial charge in [-0.05, 0) is 29.3 Å². The first-order valence-electron chi connectivity index (χ1n) is 9.04. The normalized spacial score (nSPS) is 12.0. The van der Waals surface area contributed by atoms with E-state index < -0.39 is 0 Å². The van der Waals surface area contributed by atoms with Crippen molar-refractivity contribution in [3.8, 4) is 5.75 Å². The zero-order chi connectivity index (χ0) is 18.6. The summed E-state index contributed by atoms with van der Waals surface area (Å²) in [6.45, 7) is 0. The Morgan fingerprint density at radius 3 is 2.37 bits per heavy atom. The van der Waals surface area contributed by atoms with Crippen LogP contribution in [0.2, 0.25) is 0 Å². The smallest absolute Gasteiger partial charge is 0.163 e. The lowest BCUT2D eigenvalue weighted by atomic mass is 9.85. The summed E-state index contributed by atoms with van der Waals surface area (Å²) in [5.74, 6) is 0.923. The van der Waals surface area contributed by atoms with E-state index in [-0.39, 0.29) is 11.7 Å². The molecule has 3 nitrogen and oxygen atoms in total. The molecule has 0 fully saturated rings. The molecule has 1 heterocycles. The maximum absolute atomic E-state index is 12.9. The largest absolute Gasteiger partial charge is 0.497 e. The molecule has 3 heteroatoms. The van der Waals surface area contributed by atoms with E-state index in [0.29, 0.717) is 6.42 Å². The summed E-state index contributed by atoms with van der Waals surface area (Å²) in [6.07, 6.45) is 2.44. The number of para-hydroxylation sites is 1. The number of rotatable bonds is 6. The first-order chi connectivity index (χ1) is 13.3. The number of carbonyl (C=O) groups is 1.